The average Bonchev–Trinajstić information content (AvgIpc) is 2.38. The number of hydrogen-bond acceptors (Lipinski definition) is 1. The van der Waals surface area contributed by atoms with Gasteiger partial charge in [0.2, 0.25) is 5.69 Å². The fraction of sp³-hybridized carbons (Fsp3) is 0.235. The maximum Gasteiger partial charge on any atom is 0.292 e. The topological polar surface area (TPSA) is 12.2 Å². The van der Waals surface area contributed by atoms with Crippen LogP contribution in [0.15, 0.2) is 36.4 Å². The molecule has 0 saturated carbocycles. The van der Waals surface area contributed by atoms with Crippen LogP contribution in [-0.2, 0) is 0 Å². The molecule has 0 aromatic heterocycles. The predicted molar refractivity (Wildman–Crippen MR) is 77.7 cm³/mol. The SMILES string of the molecule is Cc1ccc([N+]2=Cc3cccc(C)c3OC2)c(C)c1. The summed E-state index contributed by atoms with van der Waals surface area (Å²) >= 11 is 0. The Labute approximate surface area is 114 Å². The van der Waals surface area contributed by atoms with Crippen LogP contribution in [0.25, 0.3) is 0 Å². The summed E-state index contributed by atoms with van der Waals surface area (Å²) in [4.78, 5) is 0. The zero-order valence-electron chi connectivity index (χ0n) is 11.6. The first-order valence-electron chi connectivity index (χ1n) is 6.56. The summed E-state index contributed by atoms with van der Waals surface area (Å²) in [6.45, 7) is 6.91. The van der Waals surface area contributed by atoms with Crippen LogP contribution in [0, 0.1) is 20.8 Å². The summed E-state index contributed by atoms with van der Waals surface area (Å²) in [6, 6.07) is 12.7. The summed E-state index contributed by atoms with van der Waals surface area (Å²) in [7, 11) is 0. The van der Waals surface area contributed by atoms with Gasteiger partial charge < -0.3 is 4.74 Å². The molecule has 2 heteroatoms. The molecule has 0 atom stereocenters. The van der Waals surface area contributed by atoms with Crippen molar-refractivity contribution in [1.29, 1.82) is 0 Å². The van der Waals surface area contributed by atoms with Crippen molar-refractivity contribution in [2.24, 2.45) is 0 Å². The summed E-state index contributed by atoms with van der Waals surface area (Å²) < 4.78 is 8.06. The van der Waals surface area contributed by atoms with E-state index in [1.54, 1.807) is 0 Å². The van der Waals surface area contributed by atoms with Gasteiger partial charge in [0.15, 0.2) is 6.21 Å². The molecule has 2 aromatic carbocycles. The third-order valence-electron chi connectivity index (χ3n) is 3.55. The summed E-state index contributed by atoms with van der Waals surface area (Å²) in [6.07, 6.45) is 2.17. The number of fused-ring (bicyclic) bond motifs is 1. The molecule has 0 bridgehead atoms. The predicted octanol–water partition coefficient (Wildman–Crippen LogP) is 3.72. The molecule has 0 fully saturated rings. The Hall–Kier alpha value is -2.09. The van der Waals surface area contributed by atoms with Crippen LogP contribution in [0.3, 0.4) is 0 Å². The van der Waals surface area contributed by atoms with E-state index in [2.05, 4.69) is 68.0 Å². The van der Waals surface area contributed by atoms with Gasteiger partial charge in [-0.1, -0.05) is 23.8 Å². The Kier molecular flexibility index (Phi) is 2.86. The fourth-order valence-corrected chi connectivity index (χ4v) is 2.58. The molecule has 3 rings (SSSR count). The standard InChI is InChI=1S/C17H18NO/c1-12-7-8-16(14(3)9-12)18-10-15-6-4-5-13(2)17(15)19-11-18/h4-10H,11H2,1-3H3/q+1. The first-order chi connectivity index (χ1) is 9.15. The molecule has 19 heavy (non-hydrogen) atoms. The average molecular weight is 252 g/mol. The lowest BCUT2D eigenvalue weighted by molar-refractivity contribution is -0.476. The molecule has 0 radical (unpaired) electrons. The highest BCUT2D eigenvalue weighted by atomic mass is 16.5. The van der Waals surface area contributed by atoms with Crippen LogP contribution < -0.4 is 4.74 Å². The first kappa shape index (κ1) is 12.0. The van der Waals surface area contributed by atoms with E-state index in [0.717, 1.165) is 11.3 Å². The lowest BCUT2D eigenvalue weighted by atomic mass is 10.1. The Morgan fingerprint density at radius 2 is 1.84 bits per heavy atom. The van der Waals surface area contributed by atoms with E-state index >= 15 is 0 Å². The highest BCUT2D eigenvalue weighted by Crippen LogP contribution is 2.27. The third-order valence-corrected chi connectivity index (χ3v) is 3.55. The van der Waals surface area contributed by atoms with E-state index < -0.39 is 0 Å². The number of ether oxygens (including phenoxy) is 1. The second-order valence-corrected chi connectivity index (χ2v) is 5.16. The van der Waals surface area contributed by atoms with Crippen molar-refractivity contribution in [2.75, 3.05) is 6.73 Å². The monoisotopic (exact) mass is 252 g/mol. The minimum absolute atomic E-state index is 0.571. The van der Waals surface area contributed by atoms with Gasteiger partial charge in [-0.15, -0.1) is 0 Å². The molecule has 0 unspecified atom stereocenters. The van der Waals surface area contributed by atoms with Crippen LogP contribution >= 0.6 is 0 Å². The molecule has 0 spiro atoms. The van der Waals surface area contributed by atoms with Crippen LogP contribution in [0.2, 0.25) is 0 Å². The normalized spacial score (nSPS) is 13.5. The van der Waals surface area contributed by atoms with E-state index in [1.807, 2.05) is 0 Å². The lowest BCUT2D eigenvalue weighted by Crippen LogP contribution is -2.21. The second-order valence-electron chi connectivity index (χ2n) is 5.16. The van der Waals surface area contributed by atoms with Crippen molar-refractivity contribution in [3.05, 3.63) is 58.7 Å². The maximum absolute atomic E-state index is 5.90. The van der Waals surface area contributed by atoms with E-state index in [1.165, 1.54) is 22.4 Å². The molecule has 96 valence electrons. The quantitative estimate of drug-likeness (QED) is 0.704. The van der Waals surface area contributed by atoms with Crippen molar-refractivity contribution in [2.45, 2.75) is 20.8 Å². The van der Waals surface area contributed by atoms with Crippen LogP contribution in [-0.4, -0.2) is 17.5 Å². The Balaban J connectivity index is 2.08. The summed E-state index contributed by atoms with van der Waals surface area (Å²) in [5.74, 6) is 1.00. The zero-order valence-corrected chi connectivity index (χ0v) is 11.6. The van der Waals surface area contributed by atoms with Crippen molar-refractivity contribution < 1.29 is 9.31 Å². The van der Waals surface area contributed by atoms with Gasteiger partial charge >= 0.3 is 0 Å². The molecule has 1 heterocycles. The minimum atomic E-state index is 0.571. The highest BCUT2D eigenvalue weighted by molar-refractivity contribution is 5.82. The van der Waals surface area contributed by atoms with E-state index in [0.29, 0.717) is 6.73 Å². The summed E-state index contributed by atoms with van der Waals surface area (Å²) in [5.41, 5.74) is 6.10. The molecule has 2 aromatic rings. The Morgan fingerprint density at radius 3 is 2.63 bits per heavy atom. The van der Waals surface area contributed by atoms with Crippen LogP contribution in [0.4, 0.5) is 5.69 Å². The van der Waals surface area contributed by atoms with Gasteiger partial charge in [0, 0.05) is 11.6 Å². The van der Waals surface area contributed by atoms with Gasteiger partial charge in [-0.2, -0.15) is 4.58 Å². The fourth-order valence-electron chi connectivity index (χ4n) is 2.58. The largest absolute Gasteiger partial charge is 0.435 e. The van der Waals surface area contributed by atoms with Crippen molar-refractivity contribution >= 4 is 11.9 Å². The zero-order chi connectivity index (χ0) is 13.4. The van der Waals surface area contributed by atoms with Gasteiger partial charge in [-0.3, -0.25) is 0 Å². The second kappa shape index (κ2) is 4.54. The van der Waals surface area contributed by atoms with Gasteiger partial charge in [-0.05, 0) is 38.5 Å². The van der Waals surface area contributed by atoms with Crippen molar-refractivity contribution in [1.82, 2.24) is 0 Å². The van der Waals surface area contributed by atoms with Crippen molar-refractivity contribution in [3.8, 4) is 5.75 Å². The molecule has 0 saturated heterocycles. The van der Waals surface area contributed by atoms with E-state index in [-0.39, 0.29) is 0 Å². The third kappa shape index (κ3) is 2.14. The smallest absolute Gasteiger partial charge is 0.292 e. The first-order valence-corrected chi connectivity index (χ1v) is 6.56. The number of para-hydroxylation sites is 1. The number of rotatable bonds is 1. The molecule has 0 amide bonds. The molecule has 0 aliphatic carbocycles. The van der Waals surface area contributed by atoms with E-state index in [4.69, 9.17) is 4.74 Å². The Morgan fingerprint density at radius 1 is 1.00 bits per heavy atom. The highest BCUT2D eigenvalue weighted by Gasteiger charge is 2.21. The molecule has 1 aliphatic heterocycles. The molecule has 2 nitrogen and oxygen atoms in total. The molecule has 1 aliphatic rings. The Bertz CT molecular complexity index is 671. The number of hydrogen-bond donors (Lipinski definition) is 0. The van der Waals surface area contributed by atoms with Crippen LogP contribution in [0.5, 0.6) is 5.75 Å². The van der Waals surface area contributed by atoms with Gasteiger partial charge in [0.1, 0.15) is 5.75 Å². The molecular weight excluding hydrogens is 234 g/mol. The van der Waals surface area contributed by atoms with Gasteiger partial charge in [0.05, 0.1) is 5.56 Å². The lowest BCUT2D eigenvalue weighted by Gasteiger charge is -2.16. The van der Waals surface area contributed by atoms with Crippen LogP contribution in [0.1, 0.15) is 22.3 Å². The van der Waals surface area contributed by atoms with Gasteiger partial charge in [-0.25, -0.2) is 0 Å². The number of aryl methyl sites for hydroxylation is 3. The molecular formula is C17H18NO+. The minimum Gasteiger partial charge on any atom is -0.435 e. The molecule has 0 N–H and O–H groups in total. The van der Waals surface area contributed by atoms with Crippen molar-refractivity contribution in [3.63, 3.8) is 0 Å². The van der Waals surface area contributed by atoms with E-state index in [9.17, 15) is 0 Å². The summed E-state index contributed by atoms with van der Waals surface area (Å²) in [5, 5.41) is 0. The maximum atomic E-state index is 5.90. The number of benzene rings is 2. The number of nitrogens with zero attached hydrogens (tertiary/aromatic N) is 1. The van der Waals surface area contributed by atoms with Gasteiger partial charge in [0.25, 0.3) is 6.73 Å².